The van der Waals surface area contributed by atoms with Crippen LogP contribution in [0.4, 0.5) is 5.69 Å². The molecule has 1 aromatic carbocycles. The van der Waals surface area contributed by atoms with Crippen LogP contribution in [0.1, 0.15) is 42.6 Å². The summed E-state index contributed by atoms with van der Waals surface area (Å²) in [4.78, 5) is 14.8. The SMILES string of the molecule is COC(C)CNC(=O)c1ccc2c(c1)CC(C)[C@H](C1CC1)N2C. The van der Waals surface area contributed by atoms with E-state index >= 15 is 0 Å². The highest BCUT2D eigenvalue weighted by molar-refractivity contribution is 5.95. The third kappa shape index (κ3) is 3.37. The van der Waals surface area contributed by atoms with Gasteiger partial charge < -0.3 is 15.0 Å². The number of rotatable bonds is 5. The van der Waals surface area contributed by atoms with Crippen molar-refractivity contribution in [3.63, 3.8) is 0 Å². The monoisotopic (exact) mass is 316 g/mol. The summed E-state index contributed by atoms with van der Waals surface area (Å²) in [6, 6.07) is 6.79. The molecule has 1 fully saturated rings. The Hall–Kier alpha value is -1.55. The number of carbonyl (C=O) groups excluding carboxylic acids is 1. The summed E-state index contributed by atoms with van der Waals surface area (Å²) >= 11 is 0. The predicted molar refractivity (Wildman–Crippen MR) is 93.0 cm³/mol. The molecule has 1 saturated carbocycles. The van der Waals surface area contributed by atoms with E-state index in [9.17, 15) is 4.79 Å². The van der Waals surface area contributed by atoms with Crippen LogP contribution in [-0.4, -0.2) is 38.8 Å². The first kappa shape index (κ1) is 16.3. The van der Waals surface area contributed by atoms with Gasteiger partial charge in [-0.15, -0.1) is 0 Å². The molecule has 1 amide bonds. The van der Waals surface area contributed by atoms with Crippen molar-refractivity contribution in [3.05, 3.63) is 29.3 Å². The number of nitrogens with zero attached hydrogens (tertiary/aromatic N) is 1. The van der Waals surface area contributed by atoms with Gasteiger partial charge in [-0.3, -0.25) is 4.79 Å². The van der Waals surface area contributed by atoms with E-state index in [2.05, 4.69) is 36.3 Å². The number of nitrogens with one attached hydrogen (secondary N) is 1. The molecule has 4 nitrogen and oxygen atoms in total. The summed E-state index contributed by atoms with van der Waals surface area (Å²) in [5.74, 6) is 1.49. The maximum Gasteiger partial charge on any atom is 0.251 e. The lowest BCUT2D eigenvalue weighted by Gasteiger charge is -2.41. The average molecular weight is 316 g/mol. The first-order chi connectivity index (χ1) is 11.0. The molecule has 1 aliphatic heterocycles. The standard InChI is InChI=1S/C19H28N2O2/c1-12-9-16-10-15(19(22)20-11-13(2)23-4)7-8-17(16)21(3)18(12)14-5-6-14/h7-8,10,12-14,18H,5-6,9,11H2,1-4H3,(H,20,22)/t12?,13?,18-/m1/s1. The van der Waals surface area contributed by atoms with Gasteiger partial charge in [0.25, 0.3) is 5.91 Å². The van der Waals surface area contributed by atoms with Gasteiger partial charge in [0, 0.05) is 38.0 Å². The van der Waals surface area contributed by atoms with E-state index in [0.29, 0.717) is 18.5 Å². The van der Waals surface area contributed by atoms with Crippen LogP contribution in [-0.2, 0) is 11.2 Å². The number of anilines is 1. The van der Waals surface area contributed by atoms with Crippen molar-refractivity contribution in [1.82, 2.24) is 5.32 Å². The van der Waals surface area contributed by atoms with Gasteiger partial charge in [-0.2, -0.15) is 0 Å². The summed E-state index contributed by atoms with van der Waals surface area (Å²) in [5.41, 5.74) is 3.34. The second-order valence-electron chi connectivity index (χ2n) is 7.22. The molecule has 0 spiro atoms. The number of carbonyl (C=O) groups is 1. The number of amides is 1. The summed E-state index contributed by atoms with van der Waals surface area (Å²) < 4.78 is 5.17. The summed E-state index contributed by atoms with van der Waals surface area (Å²) in [7, 11) is 3.86. The Morgan fingerprint density at radius 2 is 2.17 bits per heavy atom. The molecule has 0 aromatic heterocycles. The van der Waals surface area contributed by atoms with Crippen LogP contribution in [0.3, 0.4) is 0 Å². The molecule has 1 aliphatic carbocycles. The van der Waals surface area contributed by atoms with E-state index in [1.807, 2.05) is 13.0 Å². The highest BCUT2D eigenvalue weighted by Gasteiger charge is 2.40. The molecule has 1 aromatic rings. The Morgan fingerprint density at radius 3 is 2.83 bits per heavy atom. The number of hydrogen-bond donors (Lipinski definition) is 1. The zero-order valence-corrected chi connectivity index (χ0v) is 14.6. The van der Waals surface area contributed by atoms with Crippen LogP contribution in [0.5, 0.6) is 0 Å². The zero-order chi connectivity index (χ0) is 16.6. The van der Waals surface area contributed by atoms with E-state index in [0.717, 1.165) is 17.9 Å². The summed E-state index contributed by atoms with van der Waals surface area (Å²) in [6.07, 6.45) is 3.83. The Balaban J connectivity index is 1.75. The molecule has 2 unspecified atom stereocenters. The van der Waals surface area contributed by atoms with Crippen molar-refractivity contribution in [3.8, 4) is 0 Å². The van der Waals surface area contributed by atoms with Gasteiger partial charge in [0.05, 0.1) is 6.10 Å². The number of hydrogen-bond acceptors (Lipinski definition) is 3. The predicted octanol–water partition coefficient (Wildman–Crippen LogP) is 2.86. The largest absolute Gasteiger partial charge is 0.380 e. The number of fused-ring (bicyclic) bond motifs is 1. The fourth-order valence-electron chi connectivity index (χ4n) is 3.88. The molecule has 23 heavy (non-hydrogen) atoms. The Bertz CT molecular complexity index is 583. The molecule has 3 atom stereocenters. The molecule has 1 N–H and O–H groups in total. The second kappa shape index (κ2) is 6.52. The quantitative estimate of drug-likeness (QED) is 0.908. The fourth-order valence-corrected chi connectivity index (χ4v) is 3.88. The van der Waals surface area contributed by atoms with E-state index in [1.165, 1.54) is 24.1 Å². The van der Waals surface area contributed by atoms with E-state index in [4.69, 9.17) is 4.74 Å². The van der Waals surface area contributed by atoms with Gasteiger partial charge in [-0.05, 0) is 61.8 Å². The summed E-state index contributed by atoms with van der Waals surface area (Å²) in [5, 5.41) is 2.94. The maximum atomic E-state index is 12.3. The van der Waals surface area contributed by atoms with E-state index < -0.39 is 0 Å². The second-order valence-corrected chi connectivity index (χ2v) is 7.22. The number of ether oxygens (including phenoxy) is 1. The maximum absolute atomic E-state index is 12.3. The first-order valence-corrected chi connectivity index (χ1v) is 8.68. The van der Waals surface area contributed by atoms with E-state index in [1.54, 1.807) is 7.11 Å². The highest BCUT2D eigenvalue weighted by atomic mass is 16.5. The Kier molecular flexibility index (Phi) is 4.62. The van der Waals surface area contributed by atoms with Gasteiger partial charge in [0.15, 0.2) is 0 Å². The Labute approximate surface area is 139 Å². The lowest BCUT2D eigenvalue weighted by Crippen LogP contribution is -2.43. The third-order valence-electron chi connectivity index (χ3n) is 5.35. The molecular formula is C19H28N2O2. The zero-order valence-electron chi connectivity index (χ0n) is 14.6. The molecule has 0 saturated heterocycles. The smallest absolute Gasteiger partial charge is 0.251 e. The van der Waals surface area contributed by atoms with E-state index in [-0.39, 0.29) is 12.0 Å². The van der Waals surface area contributed by atoms with Gasteiger partial charge in [-0.1, -0.05) is 6.92 Å². The molecule has 1 heterocycles. The molecule has 3 rings (SSSR count). The first-order valence-electron chi connectivity index (χ1n) is 8.68. The lowest BCUT2D eigenvalue weighted by atomic mass is 9.84. The summed E-state index contributed by atoms with van der Waals surface area (Å²) in [6.45, 7) is 4.82. The molecule has 2 aliphatic rings. The van der Waals surface area contributed by atoms with Crippen LogP contribution in [0, 0.1) is 11.8 Å². The molecule has 4 heteroatoms. The number of methoxy groups -OCH3 is 1. The molecule has 0 bridgehead atoms. The molecular weight excluding hydrogens is 288 g/mol. The fraction of sp³-hybridized carbons (Fsp3) is 0.632. The Morgan fingerprint density at radius 1 is 1.43 bits per heavy atom. The van der Waals surface area contributed by atoms with Crippen LogP contribution < -0.4 is 10.2 Å². The number of benzene rings is 1. The van der Waals surface area contributed by atoms with Crippen LogP contribution >= 0.6 is 0 Å². The topological polar surface area (TPSA) is 41.6 Å². The lowest BCUT2D eigenvalue weighted by molar-refractivity contribution is 0.0870. The minimum atomic E-state index is -0.0173. The van der Waals surface area contributed by atoms with Crippen molar-refractivity contribution in [2.24, 2.45) is 11.8 Å². The normalized spacial score (nSPS) is 25.0. The van der Waals surface area contributed by atoms with Crippen LogP contribution in [0.2, 0.25) is 0 Å². The van der Waals surface area contributed by atoms with Crippen molar-refractivity contribution in [2.45, 2.75) is 45.3 Å². The van der Waals surface area contributed by atoms with Gasteiger partial charge in [-0.25, -0.2) is 0 Å². The molecule has 0 radical (unpaired) electrons. The van der Waals surface area contributed by atoms with Crippen molar-refractivity contribution >= 4 is 11.6 Å². The average Bonchev–Trinajstić information content (AvgIpc) is 3.36. The van der Waals surface area contributed by atoms with Gasteiger partial charge in [0.1, 0.15) is 0 Å². The third-order valence-corrected chi connectivity index (χ3v) is 5.35. The highest BCUT2D eigenvalue weighted by Crippen LogP contribution is 2.44. The molecule has 126 valence electrons. The minimum absolute atomic E-state index is 0.0173. The van der Waals surface area contributed by atoms with Gasteiger partial charge >= 0.3 is 0 Å². The van der Waals surface area contributed by atoms with Crippen molar-refractivity contribution in [1.29, 1.82) is 0 Å². The van der Waals surface area contributed by atoms with Crippen molar-refractivity contribution in [2.75, 3.05) is 25.6 Å². The van der Waals surface area contributed by atoms with Crippen LogP contribution in [0.15, 0.2) is 18.2 Å². The van der Waals surface area contributed by atoms with Gasteiger partial charge in [0.2, 0.25) is 0 Å². The van der Waals surface area contributed by atoms with Crippen molar-refractivity contribution < 1.29 is 9.53 Å². The minimum Gasteiger partial charge on any atom is -0.380 e. The van der Waals surface area contributed by atoms with Crippen LogP contribution in [0.25, 0.3) is 0 Å².